The van der Waals surface area contributed by atoms with Crippen molar-refractivity contribution >= 4 is 42.3 Å². The van der Waals surface area contributed by atoms with Crippen LogP contribution >= 0.6 is 11.3 Å². The smallest absolute Gasteiger partial charge is 0.165 e. The van der Waals surface area contributed by atoms with Crippen molar-refractivity contribution in [3.63, 3.8) is 0 Å². The first-order valence-corrected chi connectivity index (χ1v) is 18.6. The van der Waals surface area contributed by atoms with E-state index in [1.807, 2.05) is 18.2 Å². The molecule has 0 N–H and O–H groups in total. The van der Waals surface area contributed by atoms with E-state index in [1.54, 1.807) is 11.3 Å². The number of benzene rings is 8. The van der Waals surface area contributed by atoms with E-state index >= 15 is 0 Å². The fourth-order valence-corrected chi connectivity index (χ4v) is 8.68. The minimum atomic E-state index is 0.645. The van der Waals surface area contributed by atoms with E-state index in [2.05, 4.69) is 170 Å². The normalized spacial score (nSPS) is 11.4. The van der Waals surface area contributed by atoms with Crippen LogP contribution in [-0.2, 0) is 0 Å². The fraction of sp³-hybridized carbons (Fsp3) is 0. The summed E-state index contributed by atoms with van der Waals surface area (Å²) in [5.41, 5.74) is 10.0. The molecule has 10 aromatic rings. The summed E-state index contributed by atoms with van der Waals surface area (Å²) in [6.07, 6.45) is 0. The van der Waals surface area contributed by atoms with Crippen LogP contribution in [0, 0.1) is 0 Å². The van der Waals surface area contributed by atoms with Gasteiger partial charge in [-0.25, -0.2) is 15.0 Å². The van der Waals surface area contributed by atoms with Crippen LogP contribution in [0.2, 0.25) is 0 Å². The van der Waals surface area contributed by atoms with E-state index in [4.69, 9.17) is 15.0 Å². The zero-order valence-electron chi connectivity index (χ0n) is 28.6. The summed E-state index contributed by atoms with van der Waals surface area (Å²) in [6, 6.07) is 66.4. The highest BCUT2D eigenvalue weighted by molar-refractivity contribution is 7.26. The molecule has 0 aliphatic rings. The molecule has 0 unspecified atom stereocenters. The summed E-state index contributed by atoms with van der Waals surface area (Å²) in [5.74, 6) is 1.97. The van der Waals surface area contributed by atoms with Gasteiger partial charge in [-0.05, 0) is 62.4 Å². The summed E-state index contributed by atoms with van der Waals surface area (Å²) in [5, 5.41) is 4.88. The predicted molar refractivity (Wildman–Crippen MR) is 223 cm³/mol. The standard InChI is InChI=1S/C49H31N3S/c1-3-15-32(16-4-1)36-21-7-8-22-38(36)41-30-29-37(39-23-9-10-24-40(39)41)34-19-13-20-35(31-34)48-50-47(33-17-5-2-6-18-33)51-49(52-48)44-27-14-26-43-42-25-11-12-28-45(42)53-46(43)44/h1-31H. The third-order valence-electron chi connectivity index (χ3n) is 9.97. The second-order valence-electron chi connectivity index (χ2n) is 13.2. The molecule has 53 heavy (non-hydrogen) atoms. The van der Waals surface area contributed by atoms with Crippen LogP contribution in [0.15, 0.2) is 188 Å². The molecule has 2 heterocycles. The second kappa shape index (κ2) is 13.1. The van der Waals surface area contributed by atoms with E-state index in [-0.39, 0.29) is 0 Å². The highest BCUT2D eigenvalue weighted by Crippen LogP contribution is 2.42. The second-order valence-corrected chi connectivity index (χ2v) is 14.2. The average molecular weight is 694 g/mol. The fourth-order valence-electron chi connectivity index (χ4n) is 7.46. The lowest BCUT2D eigenvalue weighted by Gasteiger charge is -2.16. The van der Waals surface area contributed by atoms with Crippen molar-refractivity contribution in [2.24, 2.45) is 0 Å². The third kappa shape index (κ3) is 5.57. The Bertz CT molecular complexity index is 2950. The molecule has 0 amide bonds. The molecule has 0 aliphatic carbocycles. The van der Waals surface area contributed by atoms with Gasteiger partial charge in [0.15, 0.2) is 17.5 Å². The molecule has 0 spiro atoms. The van der Waals surface area contributed by atoms with Crippen LogP contribution < -0.4 is 0 Å². The predicted octanol–water partition coefficient (Wildman–Crippen LogP) is 13.4. The van der Waals surface area contributed by atoms with Crippen LogP contribution in [0.5, 0.6) is 0 Å². The van der Waals surface area contributed by atoms with E-state index in [1.165, 1.54) is 53.2 Å². The minimum absolute atomic E-state index is 0.645. The Kier molecular flexibility index (Phi) is 7.67. The number of aromatic nitrogens is 3. The maximum absolute atomic E-state index is 5.19. The monoisotopic (exact) mass is 693 g/mol. The molecule has 8 aromatic carbocycles. The van der Waals surface area contributed by atoms with Gasteiger partial charge in [-0.1, -0.05) is 170 Å². The van der Waals surface area contributed by atoms with Gasteiger partial charge < -0.3 is 0 Å². The van der Waals surface area contributed by atoms with Gasteiger partial charge >= 0.3 is 0 Å². The molecular formula is C49H31N3S. The molecule has 3 nitrogen and oxygen atoms in total. The Balaban J connectivity index is 1.12. The Morgan fingerprint density at radius 3 is 1.58 bits per heavy atom. The number of thiophene rings is 1. The summed E-state index contributed by atoms with van der Waals surface area (Å²) >= 11 is 1.79. The van der Waals surface area contributed by atoms with Gasteiger partial charge in [0.25, 0.3) is 0 Å². The SMILES string of the molecule is c1ccc(-c2nc(-c3cccc(-c4ccc(-c5ccccc5-c5ccccc5)c5ccccc45)c3)nc(-c3cccc4c3sc3ccccc34)n2)cc1. The zero-order chi connectivity index (χ0) is 35.1. The van der Waals surface area contributed by atoms with Crippen molar-refractivity contribution < 1.29 is 0 Å². The number of hydrogen-bond donors (Lipinski definition) is 0. The van der Waals surface area contributed by atoms with Gasteiger partial charge in [0.05, 0.1) is 0 Å². The molecular weight excluding hydrogens is 663 g/mol. The lowest BCUT2D eigenvalue weighted by molar-refractivity contribution is 1.08. The van der Waals surface area contributed by atoms with E-state index in [9.17, 15) is 0 Å². The van der Waals surface area contributed by atoms with Crippen molar-refractivity contribution in [1.29, 1.82) is 0 Å². The van der Waals surface area contributed by atoms with E-state index in [0.29, 0.717) is 17.5 Å². The van der Waals surface area contributed by atoms with Crippen LogP contribution in [0.1, 0.15) is 0 Å². The molecule has 0 bridgehead atoms. The van der Waals surface area contributed by atoms with Gasteiger partial charge in [0.1, 0.15) is 0 Å². The summed E-state index contributed by atoms with van der Waals surface area (Å²) < 4.78 is 2.43. The maximum atomic E-state index is 5.19. The highest BCUT2D eigenvalue weighted by Gasteiger charge is 2.18. The third-order valence-corrected chi connectivity index (χ3v) is 11.2. The molecule has 0 saturated carbocycles. The van der Waals surface area contributed by atoms with Gasteiger partial charge in [0.2, 0.25) is 0 Å². The van der Waals surface area contributed by atoms with Crippen molar-refractivity contribution in [3.8, 4) is 67.5 Å². The average Bonchev–Trinajstić information content (AvgIpc) is 3.63. The first-order chi connectivity index (χ1) is 26.3. The molecule has 4 heteroatoms. The number of fused-ring (bicyclic) bond motifs is 4. The molecule has 0 aliphatic heterocycles. The largest absolute Gasteiger partial charge is 0.208 e. The van der Waals surface area contributed by atoms with E-state index < -0.39 is 0 Å². The Labute approximate surface area is 311 Å². The number of rotatable bonds is 6. The van der Waals surface area contributed by atoms with Crippen LogP contribution in [0.25, 0.3) is 98.5 Å². The van der Waals surface area contributed by atoms with Crippen LogP contribution in [0.4, 0.5) is 0 Å². The molecule has 0 radical (unpaired) electrons. The summed E-state index contributed by atoms with van der Waals surface area (Å²) in [6.45, 7) is 0. The molecule has 2 aromatic heterocycles. The molecule has 0 saturated heterocycles. The van der Waals surface area contributed by atoms with Crippen molar-refractivity contribution in [2.75, 3.05) is 0 Å². The van der Waals surface area contributed by atoms with Crippen molar-refractivity contribution in [3.05, 3.63) is 188 Å². The summed E-state index contributed by atoms with van der Waals surface area (Å²) in [4.78, 5) is 15.4. The molecule has 0 fully saturated rings. The molecule has 10 rings (SSSR count). The van der Waals surface area contributed by atoms with E-state index in [0.717, 1.165) is 27.8 Å². The quantitative estimate of drug-likeness (QED) is 0.174. The highest BCUT2D eigenvalue weighted by atomic mass is 32.1. The lowest BCUT2D eigenvalue weighted by Crippen LogP contribution is -2.00. The summed E-state index contributed by atoms with van der Waals surface area (Å²) in [7, 11) is 0. The number of nitrogens with zero attached hydrogens (tertiary/aromatic N) is 3. The Hall–Kier alpha value is -6.75. The minimum Gasteiger partial charge on any atom is -0.208 e. The molecule has 248 valence electrons. The lowest BCUT2D eigenvalue weighted by atomic mass is 9.88. The van der Waals surface area contributed by atoms with Crippen molar-refractivity contribution in [1.82, 2.24) is 15.0 Å². The Morgan fingerprint density at radius 1 is 0.283 bits per heavy atom. The Morgan fingerprint density at radius 2 is 0.792 bits per heavy atom. The van der Waals surface area contributed by atoms with Gasteiger partial charge in [-0.3, -0.25) is 0 Å². The van der Waals surface area contributed by atoms with Crippen LogP contribution in [-0.4, -0.2) is 15.0 Å². The maximum Gasteiger partial charge on any atom is 0.165 e. The topological polar surface area (TPSA) is 38.7 Å². The molecule has 0 atom stereocenters. The van der Waals surface area contributed by atoms with Gasteiger partial charge in [-0.15, -0.1) is 11.3 Å². The van der Waals surface area contributed by atoms with Crippen LogP contribution in [0.3, 0.4) is 0 Å². The zero-order valence-corrected chi connectivity index (χ0v) is 29.5. The van der Waals surface area contributed by atoms with Crippen molar-refractivity contribution in [2.45, 2.75) is 0 Å². The first kappa shape index (κ1) is 31.0. The number of hydrogen-bond acceptors (Lipinski definition) is 4. The van der Waals surface area contributed by atoms with Gasteiger partial charge in [0, 0.05) is 36.9 Å². The van der Waals surface area contributed by atoms with Gasteiger partial charge in [-0.2, -0.15) is 0 Å². The first-order valence-electron chi connectivity index (χ1n) is 17.8.